The van der Waals surface area contributed by atoms with Gasteiger partial charge in [-0.25, -0.2) is 0 Å². The maximum atomic E-state index is 3.44. The normalized spacial score (nSPS) is 13.5. The second-order valence-corrected chi connectivity index (χ2v) is 6.85. The Labute approximate surface area is 141 Å². The molecule has 0 nitrogen and oxygen atoms in total. The molecule has 0 aromatic carbocycles. The maximum Gasteiger partial charge on any atom is 0.0214 e. The van der Waals surface area contributed by atoms with Crippen LogP contribution in [0, 0.1) is 0 Å². The highest BCUT2D eigenvalue weighted by atomic mass is 79.9. The quantitative estimate of drug-likeness (QED) is 0.216. The molecule has 0 aliphatic carbocycles. The Bertz CT molecular complexity index is 390. The molecule has 0 radical (unpaired) electrons. The first kappa shape index (κ1) is 20.4. The lowest BCUT2D eigenvalue weighted by Gasteiger charge is -2.02. The van der Waals surface area contributed by atoms with Crippen molar-refractivity contribution in [3.63, 3.8) is 0 Å². The zero-order valence-electron chi connectivity index (χ0n) is 14.6. The fourth-order valence-corrected chi connectivity index (χ4v) is 2.67. The van der Waals surface area contributed by atoms with Gasteiger partial charge in [0.25, 0.3) is 0 Å². The van der Waals surface area contributed by atoms with Gasteiger partial charge in [-0.15, -0.1) is 0 Å². The molecule has 0 amide bonds. The number of halogens is 1. The van der Waals surface area contributed by atoms with E-state index in [1.807, 2.05) is 0 Å². The van der Waals surface area contributed by atoms with Crippen molar-refractivity contribution in [3.8, 4) is 0 Å². The SMILES string of the molecule is CC(C)=CCC/C(C)=C/CC/C(C)=C/CC/C(C)=C/[13CH2]Br. The summed E-state index contributed by atoms with van der Waals surface area (Å²) in [6.45, 7) is 11.1. The first-order chi connectivity index (χ1) is 9.95. The molecule has 0 N–H and O–H groups in total. The molecule has 0 spiro atoms. The van der Waals surface area contributed by atoms with Gasteiger partial charge in [-0.05, 0) is 73.1 Å². The van der Waals surface area contributed by atoms with Gasteiger partial charge in [-0.3, -0.25) is 0 Å². The molecular formula is C20H33Br. The summed E-state index contributed by atoms with van der Waals surface area (Å²) in [5.41, 5.74) is 5.95. The van der Waals surface area contributed by atoms with E-state index in [4.69, 9.17) is 0 Å². The van der Waals surface area contributed by atoms with Gasteiger partial charge in [-0.1, -0.05) is 62.5 Å². The summed E-state index contributed by atoms with van der Waals surface area (Å²) in [4.78, 5) is 0. The molecular weight excluding hydrogens is 321 g/mol. The van der Waals surface area contributed by atoms with Crippen LogP contribution in [0.5, 0.6) is 0 Å². The van der Waals surface area contributed by atoms with Gasteiger partial charge in [0.1, 0.15) is 0 Å². The summed E-state index contributed by atoms with van der Waals surface area (Å²) in [6, 6.07) is 0. The number of hydrogen-bond acceptors (Lipinski definition) is 0. The van der Waals surface area contributed by atoms with Crippen LogP contribution in [0.2, 0.25) is 0 Å². The summed E-state index contributed by atoms with van der Waals surface area (Å²) in [6.07, 6.45) is 16.5. The summed E-state index contributed by atoms with van der Waals surface area (Å²) in [5, 5.41) is 0.971. The van der Waals surface area contributed by atoms with Crippen LogP contribution in [0.3, 0.4) is 0 Å². The van der Waals surface area contributed by atoms with Crippen LogP contribution < -0.4 is 0 Å². The van der Waals surface area contributed by atoms with E-state index in [2.05, 4.69) is 74.9 Å². The molecule has 0 fully saturated rings. The van der Waals surface area contributed by atoms with Crippen LogP contribution >= 0.6 is 15.9 Å². The Morgan fingerprint density at radius 2 is 1.00 bits per heavy atom. The van der Waals surface area contributed by atoms with Crippen molar-refractivity contribution in [3.05, 3.63) is 46.6 Å². The molecule has 0 heterocycles. The molecule has 0 saturated carbocycles. The lowest BCUT2D eigenvalue weighted by atomic mass is 10.0. The number of alkyl halides is 1. The maximum absolute atomic E-state index is 3.44. The molecule has 120 valence electrons. The number of hydrogen-bond donors (Lipinski definition) is 0. The molecule has 0 bridgehead atoms. The van der Waals surface area contributed by atoms with Crippen LogP contribution in [0.1, 0.15) is 73.1 Å². The average molecular weight is 354 g/mol. The Balaban J connectivity index is 3.93. The van der Waals surface area contributed by atoms with E-state index in [0.29, 0.717) is 0 Å². The highest BCUT2D eigenvalue weighted by Gasteiger charge is 1.93. The van der Waals surface area contributed by atoms with Gasteiger partial charge in [0, 0.05) is 5.33 Å². The molecule has 1 heteroatoms. The minimum absolute atomic E-state index is 0.971. The summed E-state index contributed by atoms with van der Waals surface area (Å²) < 4.78 is 0. The largest absolute Gasteiger partial charge is 0.0883 e. The van der Waals surface area contributed by atoms with Gasteiger partial charge < -0.3 is 0 Å². The van der Waals surface area contributed by atoms with Crippen LogP contribution in [0.15, 0.2) is 46.6 Å². The van der Waals surface area contributed by atoms with Crippen molar-refractivity contribution >= 4 is 15.9 Å². The minimum atomic E-state index is 0.971. The number of allylic oxidation sites excluding steroid dienone is 8. The molecule has 0 aliphatic heterocycles. The van der Waals surface area contributed by atoms with Gasteiger partial charge in [0.15, 0.2) is 0 Å². The van der Waals surface area contributed by atoms with Crippen molar-refractivity contribution in [2.24, 2.45) is 0 Å². The molecule has 21 heavy (non-hydrogen) atoms. The van der Waals surface area contributed by atoms with Crippen LogP contribution in [0.4, 0.5) is 0 Å². The van der Waals surface area contributed by atoms with E-state index in [1.165, 1.54) is 60.8 Å². The van der Waals surface area contributed by atoms with Crippen molar-refractivity contribution < 1.29 is 0 Å². The van der Waals surface area contributed by atoms with Gasteiger partial charge >= 0.3 is 0 Å². The van der Waals surface area contributed by atoms with Crippen LogP contribution in [-0.4, -0.2) is 5.33 Å². The van der Waals surface area contributed by atoms with Crippen molar-refractivity contribution in [2.45, 2.75) is 73.1 Å². The van der Waals surface area contributed by atoms with Gasteiger partial charge in [0.2, 0.25) is 0 Å². The van der Waals surface area contributed by atoms with E-state index < -0.39 is 0 Å². The Morgan fingerprint density at radius 3 is 1.38 bits per heavy atom. The fourth-order valence-electron chi connectivity index (χ4n) is 2.12. The molecule has 0 aliphatic rings. The topological polar surface area (TPSA) is 0 Å². The minimum Gasteiger partial charge on any atom is -0.0883 e. The molecule has 0 rings (SSSR count). The van der Waals surface area contributed by atoms with Crippen LogP contribution in [-0.2, 0) is 0 Å². The average Bonchev–Trinajstić information content (AvgIpc) is 2.38. The molecule has 0 aromatic rings. The van der Waals surface area contributed by atoms with E-state index in [1.54, 1.807) is 0 Å². The zero-order valence-corrected chi connectivity index (χ0v) is 16.2. The zero-order chi connectivity index (χ0) is 16.1. The third kappa shape index (κ3) is 14.2. The second kappa shape index (κ2) is 13.1. The van der Waals surface area contributed by atoms with Crippen molar-refractivity contribution in [2.75, 3.05) is 5.33 Å². The van der Waals surface area contributed by atoms with Gasteiger partial charge in [-0.2, -0.15) is 0 Å². The third-order valence-corrected chi connectivity index (χ3v) is 3.90. The molecule has 0 saturated heterocycles. The van der Waals surface area contributed by atoms with E-state index in [-0.39, 0.29) is 0 Å². The number of rotatable bonds is 10. The lowest BCUT2D eigenvalue weighted by molar-refractivity contribution is 0.899. The summed E-state index contributed by atoms with van der Waals surface area (Å²) in [7, 11) is 0. The van der Waals surface area contributed by atoms with E-state index in [9.17, 15) is 0 Å². The first-order valence-electron chi connectivity index (χ1n) is 8.12. The summed E-state index contributed by atoms with van der Waals surface area (Å²) >= 11 is 3.44. The molecule has 0 atom stereocenters. The van der Waals surface area contributed by atoms with Crippen LogP contribution in [0.25, 0.3) is 0 Å². The van der Waals surface area contributed by atoms with E-state index >= 15 is 0 Å². The first-order valence-corrected chi connectivity index (χ1v) is 9.24. The van der Waals surface area contributed by atoms with E-state index in [0.717, 1.165) is 5.33 Å². The Kier molecular flexibility index (Phi) is 12.8. The Hall–Kier alpha value is -0.560. The predicted molar refractivity (Wildman–Crippen MR) is 102 cm³/mol. The second-order valence-electron chi connectivity index (χ2n) is 6.20. The Morgan fingerprint density at radius 1 is 0.619 bits per heavy atom. The smallest absolute Gasteiger partial charge is 0.0214 e. The highest BCUT2D eigenvalue weighted by molar-refractivity contribution is 9.09. The molecule has 0 unspecified atom stereocenters. The highest BCUT2D eigenvalue weighted by Crippen LogP contribution is 2.13. The fraction of sp³-hybridized carbons (Fsp3) is 0.600. The lowest BCUT2D eigenvalue weighted by Crippen LogP contribution is -1.82. The van der Waals surface area contributed by atoms with Gasteiger partial charge in [0.05, 0.1) is 0 Å². The monoisotopic (exact) mass is 353 g/mol. The third-order valence-electron chi connectivity index (χ3n) is 3.58. The van der Waals surface area contributed by atoms with Crippen molar-refractivity contribution in [1.82, 2.24) is 0 Å². The standard InChI is InChI=1S/C20H33Br/c1-17(2)9-6-10-18(3)11-7-12-19(4)13-8-14-20(5)15-16-21/h9,11,13,15H,6-8,10,12,14,16H2,1-5H3/b18-11+,19-13+,20-15+/i16+1. The van der Waals surface area contributed by atoms with Crippen molar-refractivity contribution in [1.29, 1.82) is 0 Å². The molecule has 0 aromatic heterocycles. The summed E-state index contributed by atoms with van der Waals surface area (Å²) in [5.74, 6) is 0. The predicted octanol–water partition coefficient (Wildman–Crippen LogP) is 7.53.